The van der Waals surface area contributed by atoms with Gasteiger partial charge in [-0.1, -0.05) is 6.08 Å². The Balaban J connectivity index is 2.32. The summed E-state index contributed by atoms with van der Waals surface area (Å²) in [6.45, 7) is 0. The molecule has 21 heavy (non-hydrogen) atoms. The van der Waals surface area contributed by atoms with Crippen LogP contribution < -0.4 is 10.3 Å². The highest BCUT2D eigenvalue weighted by molar-refractivity contribution is 5.92. The standard InChI is InChI=1S/C14H14N4O3/c1-21-14(17-8-5-11(6-9-17)13(15)19)18-7-3-2-4-12(18)10-16-20/h2-10,14H,1H3,(H-,15,19)/p+1. The van der Waals surface area contributed by atoms with Gasteiger partial charge in [0.25, 0.3) is 0 Å². The van der Waals surface area contributed by atoms with Crippen LogP contribution >= 0.6 is 0 Å². The largest absolute Gasteiger partial charge is 0.366 e. The van der Waals surface area contributed by atoms with Crippen LogP contribution in [0.25, 0.3) is 0 Å². The average molecular weight is 287 g/mol. The number of primary amides is 1. The van der Waals surface area contributed by atoms with Crippen LogP contribution in [0.3, 0.4) is 0 Å². The first kappa shape index (κ1) is 14.6. The van der Waals surface area contributed by atoms with E-state index in [2.05, 4.69) is 5.18 Å². The van der Waals surface area contributed by atoms with Gasteiger partial charge >= 0.3 is 6.35 Å². The molecule has 1 atom stereocenters. The Hall–Kier alpha value is -2.80. The molecule has 7 heteroatoms. The van der Waals surface area contributed by atoms with Crippen molar-refractivity contribution >= 4 is 5.91 Å². The van der Waals surface area contributed by atoms with Gasteiger partial charge in [-0.3, -0.25) is 9.69 Å². The van der Waals surface area contributed by atoms with Gasteiger partial charge in [0.2, 0.25) is 5.91 Å². The first-order valence-electron chi connectivity index (χ1n) is 6.16. The van der Waals surface area contributed by atoms with Crippen LogP contribution in [0.4, 0.5) is 0 Å². The fourth-order valence-electron chi connectivity index (χ4n) is 1.96. The zero-order chi connectivity index (χ0) is 15.2. The van der Waals surface area contributed by atoms with E-state index in [9.17, 15) is 9.70 Å². The van der Waals surface area contributed by atoms with Crippen molar-refractivity contribution < 1.29 is 14.1 Å². The van der Waals surface area contributed by atoms with Gasteiger partial charge in [0.05, 0.1) is 17.5 Å². The summed E-state index contributed by atoms with van der Waals surface area (Å²) < 4.78 is 7.19. The minimum absolute atomic E-state index is 0.403. The van der Waals surface area contributed by atoms with Crippen LogP contribution in [0.2, 0.25) is 0 Å². The normalized spacial score (nSPS) is 17.0. The second-order valence-electron chi connectivity index (χ2n) is 4.23. The lowest BCUT2D eigenvalue weighted by molar-refractivity contribution is -0.779. The van der Waals surface area contributed by atoms with E-state index in [1.807, 2.05) is 6.08 Å². The summed E-state index contributed by atoms with van der Waals surface area (Å²) in [6, 6.07) is 3.19. The molecule has 1 unspecified atom stereocenters. The first-order valence-corrected chi connectivity index (χ1v) is 6.16. The Labute approximate surface area is 121 Å². The molecule has 1 amide bonds. The minimum Gasteiger partial charge on any atom is -0.366 e. The number of hydrogen-bond acceptors (Lipinski definition) is 5. The van der Waals surface area contributed by atoms with E-state index < -0.39 is 12.3 Å². The number of allylic oxidation sites excluding steroid dienone is 3. The van der Waals surface area contributed by atoms with Crippen LogP contribution in [0.5, 0.6) is 0 Å². The van der Waals surface area contributed by atoms with Crippen molar-refractivity contribution in [2.24, 2.45) is 10.9 Å². The van der Waals surface area contributed by atoms with Gasteiger partial charge in [-0.15, -0.1) is 4.91 Å². The summed E-state index contributed by atoms with van der Waals surface area (Å²) in [5.74, 6) is -0.498. The molecule has 7 nitrogen and oxygen atoms in total. The number of aromatic nitrogens is 1. The third-order valence-corrected chi connectivity index (χ3v) is 2.95. The molecule has 1 aromatic rings. The first-order chi connectivity index (χ1) is 10.2. The molecule has 1 aliphatic heterocycles. The van der Waals surface area contributed by atoms with Crippen molar-refractivity contribution in [2.75, 3.05) is 7.11 Å². The molecule has 2 heterocycles. The van der Waals surface area contributed by atoms with Gasteiger partial charge in [0.1, 0.15) is 0 Å². The third kappa shape index (κ3) is 3.21. The predicted molar refractivity (Wildman–Crippen MR) is 75.2 cm³/mol. The fourth-order valence-corrected chi connectivity index (χ4v) is 1.96. The molecule has 0 saturated heterocycles. The van der Waals surface area contributed by atoms with E-state index in [-0.39, 0.29) is 0 Å². The van der Waals surface area contributed by atoms with Crippen LogP contribution in [0.15, 0.2) is 66.0 Å². The van der Waals surface area contributed by atoms with E-state index in [4.69, 9.17) is 10.5 Å². The maximum atomic E-state index is 11.1. The number of pyridine rings is 1. The molecule has 0 aromatic carbocycles. The number of nitrogens with two attached hydrogens (primary N) is 1. The third-order valence-electron chi connectivity index (χ3n) is 2.95. The molecule has 0 saturated carbocycles. The average Bonchev–Trinajstić information content (AvgIpc) is 2.50. The lowest BCUT2D eigenvalue weighted by Gasteiger charge is -2.26. The predicted octanol–water partition coefficient (Wildman–Crippen LogP) is 1.17. The summed E-state index contributed by atoms with van der Waals surface area (Å²) in [5.41, 5.74) is 6.20. The highest BCUT2D eigenvalue weighted by atomic mass is 16.5. The van der Waals surface area contributed by atoms with Crippen LogP contribution in [0.1, 0.15) is 16.7 Å². The van der Waals surface area contributed by atoms with Crippen LogP contribution in [0, 0.1) is 4.91 Å². The molecule has 0 spiro atoms. The van der Waals surface area contributed by atoms with E-state index in [1.165, 1.54) is 13.3 Å². The number of hydrogen-bond donors (Lipinski definition) is 1. The summed E-state index contributed by atoms with van der Waals surface area (Å²) in [5, 5.41) is 2.79. The quantitative estimate of drug-likeness (QED) is 0.650. The SMILES string of the molecule is COC(N1C=CC=CC1=CN=O)[n+]1ccc(C(N)=O)cc1. The van der Waals surface area contributed by atoms with Crippen molar-refractivity contribution in [3.63, 3.8) is 0 Å². The lowest BCUT2D eigenvalue weighted by atomic mass is 10.2. The number of amides is 1. The molecule has 0 fully saturated rings. The Kier molecular flexibility index (Phi) is 4.57. The Bertz CT molecular complexity index is 620. The summed E-state index contributed by atoms with van der Waals surface area (Å²) >= 11 is 0. The summed E-state index contributed by atoms with van der Waals surface area (Å²) in [4.78, 5) is 23.3. The van der Waals surface area contributed by atoms with Gasteiger partial charge < -0.3 is 10.5 Å². The van der Waals surface area contributed by atoms with Crippen LogP contribution in [-0.4, -0.2) is 17.9 Å². The zero-order valence-electron chi connectivity index (χ0n) is 11.4. The van der Waals surface area contributed by atoms with E-state index in [0.717, 1.165) is 0 Å². The molecule has 0 radical (unpaired) electrons. The highest BCUT2D eigenvalue weighted by Gasteiger charge is 2.27. The molecular formula is C14H15N4O3+. The van der Waals surface area contributed by atoms with Crippen molar-refractivity contribution in [3.8, 4) is 0 Å². The number of rotatable bonds is 5. The number of nitrogens with zero attached hydrogens (tertiary/aromatic N) is 3. The van der Waals surface area contributed by atoms with Gasteiger partial charge in [0, 0.05) is 25.4 Å². The smallest absolute Gasteiger partial charge is 0.351 e. The van der Waals surface area contributed by atoms with Gasteiger partial charge in [-0.05, 0) is 17.3 Å². The molecule has 0 bridgehead atoms. The van der Waals surface area contributed by atoms with Gasteiger partial charge in [-0.2, -0.15) is 4.57 Å². The van der Waals surface area contributed by atoms with Crippen molar-refractivity contribution in [2.45, 2.75) is 6.35 Å². The molecule has 2 rings (SSSR count). The number of carbonyl (C=O) groups is 1. The number of methoxy groups -OCH3 is 1. The van der Waals surface area contributed by atoms with Crippen molar-refractivity contribution in [1.29, 1.82) is 0 Å². The summed E-state index contributed by atoms with van der Waals surface area (Å²) in [7, 11) is 1.54. The Morgan fingerprint density at radius 2 is 2.14 bits per heavy atom. The van der Waals surface area contributed by atoms with Crippen molar-refractivity contribution in [3.05, 3.63) is 71.3 Å². The Morgan fingerprint density at radius 1 is 1.43 bits per heavy atom. The van der Waals surface area contributed by atoms with E-state index >= 15 is 0 Å². The molecule has 1 aromatic heterocycles. The molecule has 108 valence electrons. The second-order valence-corrected chi connectivity index (χ2v) is 4.23. The van der Waals surface area contributed by atoms with E-state index in [1.54, 1.807) is 52.3 Å². The zero-order valence-corrected chi connectivity index (χ0v) is 11.4. The highest BCUT2D eigenvalue weighted by Crippen LogP contribution is 2.20. The van der Waals surface area contributed by atoms with Crippen LogP contribution in [-0.2, 0) is 4.74 Å². The number of ether oxygens (including phenoxy) is 1. The number of carbonyl (C=O) groups excluding carboxylic acids is 1. The molecular weight excluding hydrogens is 272 g/mol. The van der Waals surface area contributed by atoms with Gasteiger partial charge in [0.15, 0.2) is 12.4 Å². The lowest BCUT2D eigenvalue weighted by Crippen LogP contribution is -2.48. The maximum absolute atomic E-state index is 11.1. The van der Waals surface area contributed by atoms with E-state index in [0.29, 0.717) is 11.3 Å². The monoisotopic (exact) mass is 287 g/mol. The summed E-state index contributed by atoms with van der Waals surface area (Å²) in [6.07, 6.45) is 11.1. The molecule has 0 aliphatic carbocycles. The molecule has 2 N–H and O–H groups in total. The maximum Gasteiger partial charge on any atom is 0.351 e. The topological polar surface area (TPSA) is 88.9 Å². The fraction of sp³-hybridized carbons (Fsp3) is 0.143. The minimum atomic E-state index is -0.527. The van der Waals surface area contributed by atoms with Crippen molar-refractivity contribution in [1.82, 2.24) is 4.90 Å². The Morgan fingerprint density at radius 3 is 2.71 bits per heavy atom. The number of nitroso groups, excluding NO2 is 1. The van der Waals surface area contributed by atoms with Gasteiger partial charge in [-0.25, -0.2) is 0 Å². The second kappa shape index (κ2) is 6.58. The molecule has 1 aliphatic rings.